The van der Waals surface area contributed by atoms with Crippen LogP contribution in [-0.4, -0.2) is 22.9 Å². The van der Waals surface area contributed by atoms with E-state index in [1.807, 2.05) is 4.90 Å². The van der Waals surface area contributed by atoms with Gasteiger partial charge in [0.1, 0.15) is 0 Å². The first-order valence-corrected chi connectivity index (χ1v) is 4.49. The maximum Gasteiger partial charge on any atom is 0.249 e. The van der Waals surface area contributed by atoms with Gasteiger partial charge in [-0.3, -0.25) is 4.79 Å². The SMILES string of the molecule is C=C(C)C(=O)N1CCC1(C)CC. The first kappa shape index (κ1) is 9.30. The third kappa shape index (κ3) is 1.26. The third-order valence-electron chi connectivity index (χ3n) is 2.90. The maximum atomic E-state index is 11.5. The molecule has 1 rings (SSSR count). The summed E-state index contributed by atoms with van der Waals surface area (Å²) >= 11 is 0. The molecule has 2 nitrogen and oxygen atoms in total. The molecular formula is C10H17NO. The van der Waals surface area contributed by atoms with Crippen molar-refractivity contribution in [2.75, 3.05) is 6.54 Å². The van der Waals surface area contributed by atoms with Gasteiger partial charge in [-0.15, -0.1) is 0 Å². The molecule has 1 fully saturated rings. The predicted molar refractivity (Wildman–Crippen MR) is 49.8 cm³/mol. The minimum Gasteiger partial charge on any atom is -0.333 e. The van der Waals surface area contributed by atoms with E-state index in [4.69, 9.17) is 0 Å². The summed E-state index contributed by atoms with van der Waals surface area (Å²) in [6.45, 7) is 10.6. The number of carbonyl (C=O) groups is 1. The van der Waals surface area contributed by atoms with Crippen LogP contribution in [0.2, 0.25) is 0 Å². The van der Waals surface area contributed by atoms with E-state index in [1.165, 1.54) is 0 Å². The van der Waals surface area contributed by atoms with Crippen molar-refractivity contribution in [3.05, 3.63) is 12.2 Å². The van der Waals surface area contributed by atoms with Crippen LogP contribution < -0.4 is 0 Å². The van der Waals surface area contributed by atoms with E-state index in [9.17, 15) is 4.79 Å². The van der Waals surface area contributed by atoms with Gasteiger partial charge in [-0.25, -0.2) is 0 Å². The van der Waals surface area contributed by atoms with E-state index < -0.39 is 0 Å². The Hall–Kier alpha value is -0.790. The minimum absolute atomic E-state index is 0.107. The van der Waals surface area contributed by atoms with Gasteiger partial charge in [-0.2, -0.15) is 0 Å². The van der Waals surface area contributed by atoms with Gasteiger partial charge < -0.3 is 4.90 Å². The van der Waals surface area contributed by atoms with Crippen LogP contribution in [0.4, 0.5) is 0 Å². The molecule has 0 aromatic rings. The molecule has 12 heavy (non-hydrogen) atoms. The van der Waals surface area contributed by atoms with Crippen molar-refractivity contribution in [3.63, 3.8) is 0 Å². The third-order valence-corrected chi connectivity index (χ3v) is 2.90. The van der Waals surface area contributed by atoms with E-state index in [-0.39, 0.29) is 11.4 Å². The van der Waals surface area contributed by atoms with E-state index in [0.29, 0.717) is 5.57 Å². The normalized spacial score (nSPS) is 28.1. The van der Waals surface area contributed by atoms with Crippen LogP contribution in [0.25, 0.3) is 0 Å². The summed E-state index contributed by atoms with van der Waals surface area (Å²) in [6, 6.07) is 0. The van der Waals surface area contributed by atoms with Gasteiger partial charge in [0.2, 0.25) is 5.91 Å². The molecule has 1 heterocycles. The topological polar surface area (TPSA) is 20.3 Å². The number of amides is 1. The first-order chi connectivity index (χ1) is 5.51. The van der Waals surface area contributed by atoms with Crippen molar-refractivity contribution in [1.29, 1.82) is 0 Å². The standard InChI is InChI=1S/C10H17NO/c1-5-10(4)6-7-11(10)9(12)8(2)3/h2,5-7H2,1,3-4H3. The van der Waals surface area contributed by atoms with Crippen LogP contribution in [0, 0.1) is 0 Å². The number of hydrogen-bond donors (Lipinski definition) is 0. The highest BCUT2D eigenvalue weighted by atomic mass is 16.2. The zero-order valence-electron chi connectivity index (χ0n) is 8.18. The highest BCUT2D eigenvalue weighted by Gasteiger charge is 2.41. The summed E-state index contributed by atoms with van der Waals surface area (Å²) in [4.78, 5) is 13.5. The second-order valence-corrected chi connectivity index (χ2v) is 3.84. The summed E-state index contributed by atoms with van der Waals surface area (Å²) < 4.78 is 0. The molecule has 1 aliphatic heterocycles. The van der Waals surface area contributed by atoms with Crippen molar-refractivity contribution in [2.24, 2.45) is 0 Å². The quantitative estimate of drug-likeness (QED) is 0.576. The fourth-order valence-electron chi connectivity index (χ4n) is 1.55. The van der Waals surface area contributed by atoms with Crippen molar-refractivity contribution >= 4 is 5.91 Å². The molecule has 0 saturated carbocycles. The molecule has 0 aromatic heterocycles. The van der Waals surface area contributed by atoms with E-state index >= 15 is 0 Å². The van der Waals surface area contributed by atoms with Crippen LogP contribution in [0.1, 0.15) is 33.6 Å². The van der Waals surface area contributed by atoms with Gasteiger partial charge in [-0.05, 0) is 26.7 Å². The molecule has 0 radical (unpaired) electrons. The maximum absolute atomic E-state index is 11.5. The average Bonchev–Trinajstić information content (AvgIpc) is 2.01. The molecule has 0 aromatic carbocycles. The van der Waals surface area contributed by atoms with Crippen molar-refractivity contribution in [3.8, 4) is 0 Å². The lowest BCUT2D eigenvalue weighted by atomic mass is 9.83. The molecule has 0 aliphatic carbocycles. The molecule has 1 saturated heterocycles. The van der Waals surface area contributed by atoms with Crippen molar-refractivity contribution < 1.29 is 4.79 Å². The Morgan fingerprint density at radius 2 is 2.25 bits per heavy atom. The molecule has 1 atom stereocenters. The molecule has 0 spiro atoms. The van der Waals surface area contributed by atoms with Gasteiger partial charge in [0.15, 0.2) is 0 Å². The zero-order valence-corrected chi connectivity index (χ0v) is 8.18. The van der Waals surface area contributed by atoms with Crippen LogP contribution in [-0.2, 0) is 4.79 Å². The monoisotopic (exact) mass is 167 g/mol. The van der Waals surface area contributed by atoms with E-state index in [0.717, 1.165) is 19.4 Å². The van der Waals surface area contributed by atoms with Gasteiger partial charge in [-0.1, -0.05) is 13.5 Å². The second kappa shape index (κ2) is 2.92. The summed E-state index contributed by atoms with van der Waals surface area (Å²) in [5, 5.41) is 0. The molecule has 0 N–H and O–H groups in total. The molecule has 1 unspecified atom stereocenters. The highest BCUT2D eigenvalue weighted by Crippen LogP contribution is 2.33. The van der Waals surface area contributed by atoms with Crippen LogP contribution in [0.15, 0.2) is 12.2 Å². The van der Waals surface area contributed by atoms with Crippen LogP contribution in [0.5, 0.6) is 0 Å². The smallest absolute Gasteiger partial charge is 0.249 e. The summed E-state index contributed by atoms with van der Waals surface area (Å²) in [7, 11) is 0. The summed E-state index contributed by atoms with van der Waals surface area (Å²) in [6.07, 6.45) is 2.16. The number of hydrogen-bond acceptors (Lipinski definition) is 1. The number of carbonyl (C=O) groups excluding carboxylic acids is 1. The van der Waals surface area contributed by atoms with Gasteiger partial charge in [0, 0.05) is 17.7 Å². The minimum atomic E-state index is 0.107. The van der Waals surface area contributed by atoms with Gasteiger partial charge in [0.25, 0.3) is 0 Å². The largest absolute Gasteiger partial charge is 0.333 e. The van der Waals surface area contributed by atoms with E-state index in [2.05, 4.69) is 20.4 Å². The molecule has 1 amide bonds. The number of nitrogens with zero attached hydrogens (tertiary/aromatic N) is 1. The fourth-order valence-corrected chi connectivity index (χ4v) is 1.55. The molecular weight excluding hydrogens is 150 g/mol. The second-order valence-electron chi connectivity index (χ2n) is 3.84. The lowest BCUT2D eigenvalue weighted by molar-refractivity contribution is -0.141. The highest BCUT2D eigenvalue weighted by molar-refractivity contribution is 5.93. The Morgan fingerprint density at radius 3 is 2.50 bits per heavy atom. The molecule has 2 heteroatoms. The number of likely N-dealkylation sites (tertiary alicyclic amines) is 1. The van der Waals surface area contributed by atoms with Gasteiger partial charge >= 0.3 is 0 Å². The molecule has 0 bridgehead atoms. The van der Waals surface area contributed by atoms with Crippen LogP contribution in [0.3, 0.4) is 0 Å². The Kier molecular flexibility index (Phi) is 2.27. The van der Waals surface area contributed by atoms with E-state index in [1.54, 1.807) is 6.92 Å². The number of rotatable bonds is 2. The zero-order chi connectivity index (χ0) is 9.35. The van der Waals surface area contributed by atoms with Gasteiger partial charge in [0.05, 0.1) is 0 Å². The average molecular weight is 167 g/mol. The molecule has 68 valence electrons. The van der Waals surface area contributed by atoms with Crippen molar-refractivity contribution in [2.45, 2.75) is 39.2 Å². The Labute approximate surface area is 74.2 Å². The lowest BCUT2D eigenvalue weighted by Gasteiger charge is -2.50. The van der Waals surface area contributed by atoms with Crippen LogP contribution >= 0.6 is 0 Å². The fraction of sp³-hybridized carbons (Fsp3) is 0.700. The Morgan fingerprint density at radius 1 is 1.67 bits per heavy atom. The predicted octanol–water partition coefficient (Wildman–Crippen LogP) is 1.96. The summed E-state index contributed by atoms with van der Waals surface area (Å²) in [5.41, 5.74) is 0.755. The van der Waals surface area contributed by atoms with Crippen molar-refractivity contribution in [1.82, 2.24) is 4.90 Å². The Balaban J connectivity index is 2.66. The first-order valence-electron chi connectivity index (χ1n) is 4.49. The molecule has 1 aliphatic rings. The summed E-state index contributed by atoms with van der Waals surface area (Å²) in [5.74, 6) is 0.116. The Bertz CT molecular complexity index is 218. The lowest BCUT2D eigenvalue weighted by Crippen LogP contribution is -2.60.